The first-order valence-corrected chi connectivity index (χ1v) is 10.9. The fourth-order valence-corrected chi connectivity index (χ4v) is 4.76. The molecular weight excluding hydrogens is 374 g/mol. The lowest BCUT2D eigenvalue weighted by atomic mass is 9.93. The number of pyridine rings is 1. The minimum Gasteiger partial charge on any atom is -0.335 e. The zero-order valence-corrected chi connectivity index (χ0v) is 17.4. The Morgan fingerprint density at radius 2 is 1.83 bits per heavy atom. The summed E-state index contributed by atoms with van der Waals surface area (Å²) in [4.78, 5) is 34.5. The Morgan fingerprint density at radius 3 is 2.57 bits per heavy atom. The van der Waals surface area contributed by atoms with E-state index in [1.54, 1.807) is 18.5 Å². The zero-order chi connectivity index (χ0) is 20.9. The van der Waals surface area contributed by atoms with Crippen LogP contribution in [0.3, 0.4) is 0 Å². The van der Waals surface area contributed by atoms with Gasteiger partial charge in [-0.25, -0.2) is 0 Å². The molecule has 2 aliphatic rings. The second-order valence-electron chi connectivity index (χ2n) is 8.20. The van der Waals surface area contributed by atoms with Crippen LogP contribution < -0.4 is 0 Å². The zero-order valence-electron chi connectivity index (χ0n) is 17.4. The molecule has 2 amide bonds. The molecule has 1 aliphatic carbocycles. The molecule has 1 saturated heterocycles. The average molecular weight is 404 g/mol. The topological polar surface area (TPSA) is 53.5 Å². The van der Waals surface area contributed by atoms with Crippen molar-refractivity contribution in [1.29, 1.82) is 0 Å². The van der Waals surface area contributed by atoms with E-state index < -0.39 is 6.04 Å². The number of benzene rings is 1. The fraction of sp³-hybridized carbons (Fsp3) is 0.400. The van der Waals surface area contributed by atoms with E-state index in [4.69, 9.17) is 0 Å². The van der Waals surface area contributed by atoms with E-state index in [1.807, 2.05) is 34.1 Å². The SMILES string of the molecule is C=CCN1CCN(C(=O)C2CCCC2)[C@H](Cc2ccccc2-c2ccncc2)C1=O. The Bertz CT molecular complexity index is 906. The molecule has 0 spiro atoms. The van der Waals surface area contributed by atoms with Crippen molar-refractivity contribution in [3.63, 3.8) is 0 Å². The van der Waals surface area contributed by atoms with E-state index in [2.05, 4.69) is 23.7 Å². The van der Waals surface area contributed by atoms with Crippen LogP contribution in [0.25, 0.3) is 11.1 Å². The normalized spacial score (nSPS) is 19.9. The van der Waals surface area contributed by atoms with Crippen molar-refractivity contribution < 1.29 is 9.59 Å². The minimum atomic E-state index is -0.463. The molecule has 5 heteroatoms. The Morgan fingerprint density at radius 1 is 1.10 bits per heavy atom. The van der Waals surface area contributed by atoms with Crippen molar-refractivity contribution in [1.82, 2.24) is 14.8 Å². The number of amides is 2. The number of nitrogens with zero attached hydrogens (tertiary/aromatic N) is 3. The lowest BCUT2D eigenvalue weighted by Crippen LogP contribution is -2.60. The molecule has 5 nitrogen and oxygen atoms in total. The molecule has 30 heavy (non-hydrogen) atoms. The highest BCUT2D eigenvalue weighted by atomic mass is 16.2. The standard InChI is InChI=1S/C25H29N3O2/c1-2-15-27-16-17-28(24(29)20-7-3-4-8-20)23(25(27)30)18-21-9-5-6-10-22(21)19-11-13-26-14-12-19/h2,5-6,9-14,20,23H,1,3-4,7-8,15-18H2/t23-/m1/s1. The average Bonchev–Trinajstić information content (AvgIpc) is 3.32. The molecule has 1 atom stereocenters. The monoisotopic (exact) mass is 403 g/mol. The van der Waals surface area contributed by atoms with Gasteiger partial charge in [0.2, 0.25) is 11.8 Å². The third kappa shape index (κ3) is 4.16. The lowest BCUT2D eigenvalue weighted by molar-refractivity contribution is -0.153. The maximum Gasteiger partial charge on any atom is 0.246 e. The van der Waals surface area contributed by atoms with Gasteiger partial charge in [-0.2, -0.15) is 0 Å². The van der Waals surface area contributed by atoms with E-state index in [0.29, 0.717) is 26.1 Å². The van der Waals surface area contributed by atoms with Crippen molar-refractivity contribution in [3.05, 3.63) is 67.0 Å². The quantitative estimate of drug-likeness (QED) is 0.691. The Labute approximate surface area is 178 Å². The molecule has 1 saturated carbocycles. The van der Waals surface area contributed by atoms with Gasteiger partial charge in [0, 0.05) is 44.4 Å². The summed E-state index contributed by atoms with van der Waals surface area (Å²) in [6.07, 6.45) is 9.93. The number of hydrogen-bond donors (Lipinski definition) is 0. The molecule has 2 fully saturated rings. The number of carbonyl (C=O) groups is 2. The maximum absolute atomic E-state index is 13.4. The highest BCUT2D eigenvalue weighted by Crippen LogP contribution is 2.30. The summed E-state index contributed by atoms with van der Waals surface area (Å²) >= 11 is 0. The summed E-state index contributed by atoms with van der Waals surface area (Å²) in [7, 11) is 0. The molecule has 2 heterocycles. The predicted molar refractivity (Wildman–Crippen MR) is 118 cm³/mol. The molecule has 1 aromatic heterocycles. The van der Waals surface area contributed by atoms with Gasteiger partial charge in [0.05, 0.1) is 0 Å². The third-order valence-electron chi connectivity index (χ3n) is 6.34. The summed E-state index contributed by atoms with van der Waals surface area (Å²) in [5.74, 6) is 0.254. The van der Waals surface area contributed by atoms with E-state index >= 15 is 0 Å². The van der Waals surface area contributed by atoms with Gasteiger partial charge >= 0.3 is 0 Å². The van der Waals surface area contributed by atoms with Crippen molar-refractivity contribution in [2.45, 2.75) is 38.1 Å². The second-order valence-corrected chi connectivity index (χ2v) is 8.20. The number of piperazine rings is 1. The van der Waals surface area contributed by atoms with Crippen molar-refractivity contribution in [3.8, 4) is 11.1 Å². The summed E-state index contributed by atoms with van der Waals surface area (Å²) in [5.41, 5.74) is 3.23. The Balaban J connectivity index is 1.65. The predicted octanol–water partition coefficient (Wildman–Crippen LogP) is 3.71. The van der Waals surface area contributed by atoms with Gasteiger partial charge in [-0.3, -0.25) is 14.6 Å². The molecule has 0 radical (unpaired) electrons. The molecule has 0 N–H and O–H groups in total. The van der Waals surface area contributed by atoms with E-state index in [0.717, 1.165) is 42.4 Å². The molecular formula is C25H29N3O2. The summed E-state index contributed by atoms with van der Waals surface area (Å²) < 4.78 is 0. The van der Waals surface area contributed by atoms with Gasteiger partial charge in [-0.15, -0.1) is 6.58 Å². The largest absolute Gasteiger partial charge is 0.335 e. The third-order valence-corrected chi connectivity index (χ3v) is 6.34. The first-order valence-electron chi connectivity index (χ1n) is 10.9. The minimum absolute atomic E-state index is 0.0250. The molecule has 0 bridgehead atoms. The van der Waals surface area contributed by atoms with Crippen LogP contribution in [0.15, 0.2) is 61.4 Å². The van der Waals surface area contributed by atoms with Crippen LogP contribution in [0.4, 0.5) is 0 Å². The molecule has 4 rings (SSSR count). The van der Waals surface area contributed by atoms with E-state index in [1.165, 1.54) is 0 Å². The smallest absolute Gasteiger partial charge is 0.246 e. The first-order chi connectivity index (χ1) is 14.7. The molecule has 0 unspecified atom stereocenters. The van der Waals surface area contributed by atoms with Gasteiger partial charge in [0.25, 0.3) is 0 Å². The Hall–Kier alpha value is -2.95. The molecule has 156 valence electrons. The van der Waals surface area contributed by atoms with Crippen LogP contribution >= 0.6 is 0 Å². The second kappa shape index (κ2) is 9.24. The van der Waals surface area contributed by atoms with Crippen molar-refractivity contribution >= 4 is 11.8 Å². The lowest BCUT2D eigenvalue weighted by Gasteiger charge is -2.41. The van der Waals surface area contributed by atoms with E-state index in [9.17, 15) is 9.59 Å². The highest BCUT2D eigenvalue weighted by molar-refractivity contribution is 5.90. The first kappa shape index (κ1) is 20.3. The van der Waals surface area contributed by atoms with Crippen LogP contribution in [0.2, 0.25) is 0 Å². The van der Waals surface area contributed by atoms with Crippen molar-refractivity contribution in [2.24, 2.45) is 5.92 Å². The van der Waals surface area contributed by atoms with Crippen LogP contribution in [-0.2, 0) is 16.0 Å². The van der Waals surface area contributed by atoms with Crippen LogP contribution in [0, 0.1) is 5.92 Å². The number of carbonyl (C=O) groups excluding carboxylic acids is 2. The number of hydrogen-bond acceptors (Lipinski definition) is 3. The van der Waals surface area contributed by atoms with Crippen molar-refractivity contribution in [2.75, 3.05) is 19.6 Å². The van der Waals surface area contributed by atoms with Gasteiger partial charge in [-0.1, -0.05) is 43.2 Å². The fourth-order valence-electron chi connectivity index (χ4n) is 4.76. The summed E-state index contributed by atoms with van der Waals surface area (Å²) in [5, 5.41) is 0. The maximum atomic E-state index is 13.4. The van der Waals surface area contributed by atoms with E-state index in [-0.39, 0.29) is 17.7 Å². The van der Waals surface area contributed by atoms with Gasteiger partial charge < -0.3 is 9.80 Å². The van der Waals surface area contributed by atoms with Gasteiger partial charge in [-0.05, 0) is 41.7 Å². The molecule has 2 aromatic rings. The number of aromatic nitrogens is 1. The highest BCUT2D eigenvalue weighted by Gasteiger charge is 2.40. The van der Waals surface area contributed by atoms with Gasteiger partial charge in [0.15, 0.2) is 0 Å². The van der Waals surface area contributed by atoms with Crippen LogP contribution in [0.1, 0.15) is 31.2 Å². The summed E-state index contributed by atoms with van der Waals surface area (Å²) in [6, 6.07) is 11.6. The van der Waals surface area contributed by atoms with Gasteiger partial charge in [0.1, 0.15) is 6.04 Å². The van der Waals surface area contributed by atoms with Crippen LogP contribution in [0.5, 0.6) is 0 Å². The number of rotatable bonds is 6. The molecule has 1 aromatic carbocycles. The molecule has 1 aliphatic heterocycles. The summed E-state index contributed by atoms with van der Waals surface area (Å²) in [6.45, 7) is 5.48. The van der Waals surface area contributed by atoms with Crippen LogP contribution in [-0.4, -0.2) is 52.3 Å². The Kier molecular flexibility index (Phi) is 6.26.